The van der Waals surface area contributed by atoms with Gasteiger partial charge in [0.25, 0.3) is 5.91 Å². The smallest absolute Gasteiger partial charge is 0.271 e. The fourth-order valence-corrected chi connectivity index (χ4v) is 3.55. The molecule has 0 unspecified atom stereocenters. The molecule has 1 aliphatic rings. The summed E-state index contributed by atoms with van der Waals surface area (Å²) in [7, 11) is 1.62. The Bertz CT molecular complexity index is 923. The van der Waals surface area contributed by atoms with Crippen LogP contribution >= 0.6 is 0 Å². The molecule has 0 spiro atoms. The summed E-state index contributed by atoms with van der Waals surface area (Å²) in [5.41, 5.74) is 0.377. The number of benzene rings is 1. The van der Waals surface area contributed by atoms with E-state index in [1.54, 1.807) is 14.0 Å². The van der Waals surface area contributed by atoms with Crippen LogP contribution in [0, 0.1) is 0 Å². The Kier molecular flexibility index (Phi) is 6.22. The molecule has 156 valence electrons. The Labute approximate surface area is 170 Å². The standard InChI is InChI=1S/C21H28N4O4/c1-4-29-11-7-10-22-18(26)13-23-20(28)21(2)14-25-16-9-6-5-8-15(16)12-17(25)19(27)24(21)3/h5-6,8-9,12H,4,7,10-11,13-14H2,1-3H3,(H,22,26)(H,23,28)/t21-/m0/s1. The molecule has 2 aromatic rings. The molecular weight excluding hydrogens is 372 g/mol. The maximum Gasteiger partial charge on any atom is 0.271 e. The van der Waals surface area contributed by atoms with Crippen molar-refractivity contribution >= 4 is 28.6 Å². The number of hydrogen-bond acceptors (Lipinski definition) is 4. The average molecular weight is 400 g/mol. The van der Waals surface area contributed by atoms with Gasteiger partial charge in [0.15, 0.2) is 0 Å². The average Bonchev–Trinajstić information content (AvgIpc) is 3.08. The van der Waals surface area contributed by atoms with Gasteiger partial charge in [-0.15, -0.1) is 0 Å². The SMILES string of the molecule is CCOCCCNC(=O)CNC(=O)[C@]1(C)Cn2c(cc3ccccc32)C(=O)N1C. The summed E-state index contributed by atoms with van der Waals surface area (Å²) in [5.74, 6) is -0.845. The van der Waals surface area contributed by atoms with Crippen LogP contribution in [0.5, 0.6) is 0 Å². The molecule has 29 heavy (non-hydrogen) atoms. The van der Waals surface area contributed by atoms with Crippen LogP contribution in [-0.4, -0.2) is 66.1 Å². The van der Waals surface area contributed by atoms with Crippen molar-refractivity contribution in [2.75, 3.05) is 33.4 Å². The molecule has 3 amide bonds. The van der Waals surface area contributed by atoms with E-state index in [1.807, 2.05) is 41.8 Å². The van der Waals surface area contributed by atoms with Gasteiger partial charge in [-0.25, -0.2) is 0 Å². The highest BCUT2D eigenvalue weighted by atomic mass is 16.5. The quantitative estimate of drug-likeness (QED) is 0.650. The second-order valence-electron chi connectivity index (χ2n) is 7.40. The molecule has 1 aromatic heterocycles. The van der Waals surface area contributed by atoms with E-state index in [0.29, 0.717) is 38.4 Å². The molecule has 0 fully saturated rings. The second kappa shape index (κ2) is 8.65. The third kappa shape index (κ3) is 4.12. The van der Waals surface area contributed by atoms with Crippen LogP contribution in [0.15, 0.2) is 30.3 Å². The number of para-hydroxylation sites is 1. The molecule has 0 saturated heterocycles. The molecule has 8 heteroatoms. The lowest BCUT2D eigenvalue weighted by Crippen LogP contribution is -2.63. The number of rotatable bonds is 8. The molecule has 2 heterocycles. The van der Waals surface area contributed by atoms with Crippen LogP contribution in [0.1, 0.15) is 30.8 Å². The lowest BCUT2D eigenvalue weighted by atomic mass is 9.95. The molecule has 0 bridgehead atoms. The van der Waals surface area contributed by atoms with Gasteiger partial charge < -0.3 is 24.8 Å². The topological polar surface area (TPSA) is 92.7 Å². The van der Waals surface area contributed by atoms with Gasteiger partial charge in [0.05, 0.1) is 13.1 Å². The molecule has 0 aliphatic carbocycles. The monoisotopic (exact) mass is 400 g/mol. The summed E-state index contributed by atoms with van der Waals surface area (Å²) in [6.45, 7) is 5.54. The molecule has 3 rings (SSSR count). The molecular formula is C21H28N4O4. The first kappa shape index (κ1) is 20.9. The highest BCUT2D eigenvalue weighted by Gasteiger charge is 2.45. The number of nitrogens with zero attached hydrogens (tertiary/aromatic N) is 2. The number of amides is 3. The molecule has 0 saturated carbocycles. The van der Waals surface area contributed by atoms with Crippen LogP contribution < -0.4 is 10.6 Å². The fraction of sp³-hybridized carbons (Fsp3) is 0.476. The van der Waals surface area contributed by atoms with Gasteiger partial charge >= 0.3 is 0 Å². The Morgan fingerprint density at radius 3 is 2.76 bits per heavy atom. The van der Waals surface area contributed by atoms with E-state index in [9.17, 15) is 14.4 Å². The highest BCUT2D eigenvalue weighted by molar-refractivity contribution is 6.03. The van der Waals surface area contributed by atoms with E-state index < -0.39 is 5.54 Å². The summed E-state index contributed by atoms with van der Waals surface area (Å²) < 4.78 is 7.10. The highest BCUT2D eigenvalue weighted by Crippen LogP contribution is 2.31. The minimum absolute atomic E-state index is 0.135. The van der Waals surface area contributed by atoms with Crippen molar-refractivity contribution in [2.24, 2.45) is 0 Å². The predicted molar refractivity (Wildman–Crippen MR) is 110 cm³/mol. The van der Waals surface area contributed by atoms with Crippen molar-refractivity contribution in [3.63, 3.8) is 0 Å². The third-order valence-electron chi connectivity index (χ3n) is 5.43. The Hall–Kier alpha value is -2.87. The molecule has 8 nitrogen and oxygen atoms in total. The number of hydrogen-bond donors (Lipinski definition) is 2. The summed E-state index contributed by atoms with van der Waals surface area (Å²) in [4.78, 5) is 39.3. The normalized spacial score (nSPS) is 18.6. The Balaban J connectivity index is 1.65. The van der Waals surface area contributed by atoms with Crippen LogP contribution in [0.2, 0.25) is 0 Å². The molecule has 0 radical (unpaired) electrons. The first-order chi connectivity index (χ1) is 13.9. The van der Waals surface area contributed by atoms with Gasteiger partial charge in [-0.05, 0) is 32.4 Å². The zero-order valence-electron chi connectivity index (χ0n) is 17.2. The first-order valence-corrected chi connectivity index (χ1v) is 9.87. The van der Waals surface area contributed by atoms with E-state index in [2.05, 4.69) is 10.6 Å². The van der Waals surface area contributed by atoms with Crippen molar-refractivity contribution in [1.29, 1.82) is 0 Å². The van der Waals surface area contributed by atoms with Gasteiger partial charge in [-0.2, -0.15) is 0 Å². The van der Waals surface area contributed by atoms with Crippen molar-refractivity contribution in [2.45, 2.75) is 32.4 Å². The fourth-order valence-electron chi connectivity index (χ4n) is 3.55. The van der Waals surface area contributed by atoms with E-state index in [1.165, 1.54) is 4.90 Å². The third-order valence-corrected chi connectivity index (χ3v) is 5.43. The van der Waals surface area contributed by atoms with E-state index in [0.717, 1.165) is 10.9 Å². The minimum Gasteiger partial charge on any atom is -0.382 e. The van der Waals surface area contributed by atoms with Crippen LogP contribution in [-0.2, 0) is 20.9 Å². The van der Waals surface area contributed by atoms with Gasteiger partial charge in [0, 0.05) is 37.7 Å². The number of carbonyl (C=O) groups excluding carboxylic acids is 3. The van der Waals surface area contributed by atoms with Crippen molar-refractivity contribution in [1.82, 2.24) is 20.1 Å². The van der Waals surface area contributed by atoms with E-state index in [4.69, 9.17) is 4.74 Å². The lowest BCUT2D eigenvalue weighted by molar-refractivity contribution is -0.134. The summed E-state index contributed by atoms with van der Waals surface area (Å²) in [5, 5.41) is 6.38. The molecule has 1 aliphatic heterocycles. The lowest BCUT2D eigenvalue weighted by Gasteiger charge is -2.41. The van der Waals surface area contributed by atoms with Crippen molar-refractivity contribution < 1.29 is 19.1 Å². The number of carbonyl (C=O) groups is 3. The number of aromatic nitrogens is 1. The largest absolute Gasteiger partial charge is 0.382 e. The van der Waals surface area contributed by atoms with Gasteiger partial charge in [0.1, 0.15) is 11.2 Å². The zero-order valence-corrected chi connectivity index (χ0v) is 17.2. The van der Waals surface area contributed by atoms with E-state index >= 15 is 0 Å². The van der Waals surface area contributed by atoms with Crippen LogP contribution in [0.4, 0.5) is 0 Å². The Morgan fingerprint density at radius 1 is 1.24 bits per heavy atom. The van der Waals surface area contributed by atoms with Crippen LogP contribution in [0.3, 0.4) is 0 Å². The van der Waals surface area contributed by atoms with E-state index in [-0.39, 0.29) is 24.3 Å². The van der Waals surface area contributed by atoms with Gasteiger partial charge in [-0.1, -0.05) is 18.2 Å². The zero-order chi connectivity index (χ0) is 21.0. The van der Waals surface area contributed by atoms with Crippen molar-refractivity contribution in [3.8, 4) is 0 Å². The number of fused-ring (bicyclic) bond motifs is 3. The summed E-state index contributed by atoms with van der Waals surface area (Å²) in [6, 6.07) is 9.56. The van der Waals surface area contributed by atoms with Crippen molar-refractivity contribution in [3.05, 3.63) is 36.0 Å². The summed E-state index contributed by atoms with van der Waals surface area (Å²) in [6.07, 6.45) is 0.714. The predicted octanol–water partition coefficient (Wildman–Crippen LogP) is 1.14. The maximum atomic E-state index is 12.9. The number of ether oxygens (including phenoxy) is 1. The summed E-state index contributed by atoms with van der Waals surface area (Å²) >= 11 is 0. The van der Waals surface area contributed by atoms with Gasteiger partial charge in [-0.3, -0.25) is 14.4 Å². The van der Waals surface area contributed by atoms with Crippen LogP contribution in [0.25, 0.3) is 10.9 Å². The Morgan fingerprint density at radius 2 is 2.00 bits per heavy atom. The minimum atomic E-state index is -1.10. The van der Waals surface area contributed by atoms with Gasteiger partial charge in [0.2, 0.25) is 11.8 Å². The molecule has 2 N–H and O–H groups in total. The number of nitrogens with one attached hydrogen (secondary N) is 2. The maximum absolute atomic E-state index is 12.9. The number of likely N-dealkylation sites (N-methyl/N-ethyl adjacent to an activating group) is 1. The second-order valence-corrected chi connectivity index (χ2v) is 7.40. The molecule has 1 atom stereocenters. The first-order valence-electron chi connectivity index (χ1n) is 9.87. The molecule has 1 aromatic carbocycles.